The lowest BCUT2D eigenvalue weighted by atomic mass is 9.86. The van der Waals surface area contributed by atoms with E-state index in [1.54, 1.807) is 23.1 Å². The predicted molar refractivity (Wildman–Crippen MR) is 128 cm³/mol. The van der Waals surface area contributed by atoms with E-state index in [4.69, 9.17) is 16.0 Å². The summed E-state index contributed by atoms with van der Waals surface area (Å²) in [6, 6.07) is 13.0. The largest absolute Gasteiger partial charge is 0.451 e. The third-order valence-corrected chi connectivity index (χ3v) is 8.16. The van der Waals surface area contributed by atoms with E-state index in [0.717, 1.165) is 10.9 Å². The van der Waals surface area contributed by atoms with Crippen molar-refractivity contribution < 1.29 is 17.6 Å². The van der Waals surface area contributed by atoms with Crippen LogP contribution in [0.1, 0.15) is 54.4 Å². The Morgan fingerprint density at radius 2 is 1.84 bits per heavy atom. The fourth-order valence-corrected chi connectivity index (χ4v) is 6.13. The molecule has 4 rings (SSSR count). The quantitative estimate of drug-likeness (QED) is 0.500. The van der Waals surface area contributed by atoms with Gasteiger partial charge in [-0.15, -0.1) is 0 Å². The number of nitrogens with zero attached hydrogens (tertiary/aromatic N) is 1. The van der Waals surface area contributed by atoms with Gasteiger partial charge in [0.2, 0.25) is 0 Å². The lowest BCUT2D eigenvalue weighted by molar-refractivity contribution is 0.0649. The number of halogens is 1. The van der Waals surface area contributed by atoms with Crippen LogP contribution in [0.25, 0.3) is 11.0 Å². The summed E-state index contributed by atoms with van der Waals surface area (Å²) in [7, 11) is -3.16. The summed E-state index contributed by atoms with van der Waals surface area (Å²) in [4.78, 5) is 15.3. The van der Waals surface area contributed by atoms with Crippen molar-refractivity contribution in [3.8, 4) is 0 Å². The first-order valence-electron chi connectivity index (χ1n) is 10.7. The second-order valence-electron chi connectivity index (χ2n) is 9.63. The lowest BCUT2D eigenvalue weighted by Gasteiger charge is -2.28. The van der Waals surface area contributed by atoms with Crippen LogP contribution < -0.4 is 0 Å². The van der Waals surface area contributed by atoms with E-state index in [0.29, 0.717) is 29.1 Å². The maximum atomic E-state index is 13.7. The molecule has 0 unspecified atom stereocenters. The van der Waals surface area contributed by atoms with E-state index in [2.05, 4.69) is 32.9 Å². The Morgan fingerprint density at radius 3 is 2.44 bits per heavy atom. The Labute approximate surface area is 194 Å². The smallest absolute Gasteiger partial charge is 0.290 e. The highest BCUT2D eigenvalue weighted by Gasteiger charge is 2.36. The number of carbonyl (C=O) groups is 1. The number of fused-ring (bicyclic) bond motifs is 1. The van der Waals surface area contributed by atoms with Gasteiger partial charge in [-0.2, -0.15) is 0 Å². The Hall–Kier alpha value is -2.31. The van der Waals surface area contributed by atoms with Gasteiger partial charge in [0, 0.05) is 28.6 Å². The van der Waals surface area contributed by atoms with Crippen molar-refractivity contribution in [1.82, 2.24) is 4.90 Å². The zero-order valence-corrected chi connectivity index (χ0v) is 20.4. The Bertz CT molecular complexity index is 1270. The molecule has 0 radical (unpaired) electrons. The van der Waals surface area contributed by atoms with Crippen LogP contribution in [-0.4, -0.2) is 36.8 Å². The Kier molecular flexibility index (Phi) is 5.88. The summed E-state index contributed by atoms with van der Waals surface area (Å²) in [5, 5.41) is 1.35. The summed E-state index contributed by atoms with van der Waals surface area (Å²) in [6.07, 6.45) is 0.430. The molecular formula is C25H28ClNO4S. The molecule has 1 aromatic heterocycles. The fourth-order valence-electron chi connectivity index (χ4n) is 4.22. The van der Waals surface area contributed by atoms with Crippen molar-refractivity contribution in [1.29, 1.82) is 0 Å². The zero-order valence-electron chi connectivity index (χ0n) is 18.8. The molecule has 1 atom stereocenters. The van der Waals surface area contributed by atoms with Gasteiger partial charge in [-0.1, -0.05) is 56.6 Å². The highest BCUT2D eigenvalue weighted by atomic mass is 35.5. The topological polar surface area (TPSA) is 67.6 Å². The predicted octanol–water partition coefficient (Wildman–Crippen LogP) is 5.52. The maximum absolute atomic E-state index is 13.7. The number of hydrogen-bond donors (Lipinski definition) is 0. The van der Waals surface area contributed by atoms with Gasteiger partial charge in [0.25, 0.3) is 5.91 Å². The average Bonchev–Trinajstić information content (AvgIpc) is 3.24. The minimum Gasteiger partial charge on any atom is -0.451 e. The molecule has 1 amide bonds. The van der Waals surface area contributed by atoms with Gasteiger partial charge in [0.05, 0.1) is 11.5 Å². The molecule has 0 saturated carbocycles. The van der Waals surface area contributed by atoms with Crippen LogP contribution in [0.5, 0.6) is 0 Å². The van der Waals surface area contributed by atoms with Crippen molar-refractivity contribution >= 4 is 38.3 Å². The van der Waals surface area contributed by atoms with Gasteiger partial charge in [-0.05, 0) is 48.1 Å². The highest BCUT2D eigenvalue weighted by molar-refractivity contribution is 7.91. The lowest BCUT2D eigenvalue weighted by Crippen LogP contribution is -2.40. The van der Waals surface area contributed by atoms with Gasteiger partial charge in [0.15, 0.2) is 15.6 Å². The first-order valence-corrected chi connectivity index (χ1v) is 12.9. The second-order valence-corrected chi connectivity index (χ2v) is 12.3. The van der Waals surface area contributed by atoms with Crippen LogP contribution >= 0.6 is 11.6 Å². The van der Waals surface area contributed by atoms with Crippen molar-refractivity contribution in [2.45, 2.75) is 52.1 Å². The monoisotopic (exact) mass is 473 g/mol. The molecule has 2 aromatic carbocycles. The highest BCUT2D eigenvalue weighted by Crippen LogP contribution is 2.31. The number of sulfone groups is 1. The molecule has 170 valence electrons. The fraction of sp³-hybridized carbons (Fsp3) is 0.400. The van der Waals surface area contributed by atoms with E-state index in [-0.39, 0.29) is 34.6 Å². The number of amides is 1. The molecule has 0 N–H and O–H groups in total. The number of carbonyl (C=O) groups excluding carboxylic acids is 1. The maximum Gasteiger partial charge on any atom is 0.290 e. The molecule has 2 heterocycles. The van der Waals surface area contributed by atoms with Gasteiger partial charge in [0.1, 0.15) is 5.58 Å². The number of benzene rings is 2. The summed E-state index contributed by atoms with van der Waals surface area (Å²) < 4.78 is 30.3. The molecule has 1 aliphatic heterocycles. The third-order valence-electron chi connectivity index (χ3n) is 6.18. The average molecular weight is 474 g/mol. The minimum absolute atomic E-state index is 0.0239. The minimum atomic E-state index is -3.16. The van der Waals surface area contributed by atoms with Gasteiger partial charge >= 0.3 is 0 Å². The number of furan rings is 1. The molecule has 1 fully saturated rings. The molecular weight excluding hydrogens is 446 g/mol. The van der Waals surface area contributed by atoms with Crippen LogP contribution in [0.2, 0.25) is 5.02 Å². The SMILES string of the molecule is Cc1c(C(=O)N(Cc2ccc(C(C)(C)C)cc2)[C@@H]2CCS(=O)(=O)C2)oc2ccc(Cl)cc12. The number of aryl methyl sites for hydroxylation is 1. The molecule has 32 heavy (non-hydrogen) atoms. The van der Waals surface area contributed by atoms with Crippen molar-refractivity contribution in [2.24, 2.45) is 0 Å². The molecule has 5 nitrogen and oxygen atoms in total. The van der Waals surface area contributed by atoms with Gasteiger partial charge in [-0.3, -0.25) is 4.79 Å². The normalized spacial score (nSPS) is 18.2. The number of rotatable bonds is 4. The summed E-state index contributed by atoms with van der Waals surface area (Å²) in [5.74, 6) is 0.0120. The van der Waals surface area contributed by atoms with Crippen molar-refractivity contribution in [3.05, 3.63) is 69.9 Å². The van der Waals surface area contributed by atoms with E-state index < -0.39 is 9.84 Å². The molecule has 0 aliphatic carbocycles. The van der Waals surface area contributed by atoms with Gasteiger partial charge in [-0.25, -0.2) is 8.42 Å². The molecule has 1 saturated heterocycles. The first kappa shape index (κ1) is 22.9. The van der Waals surface area contributed by atoms with Crippen molar-refractivity contribution in [2.75, 3.05) is 11.5 Å². The molecule has 7 heteroatoms. The summed E-state index contributed by atoms with van der Waals surface area (Å²) in [5.41, 5.74) is 3.48. The van der Waals surface area contributed by atoms with E-state index in [1.807, 2.05) is 19.1 Å². The Morgan fingerprint density at radius 1 is 1.16 bits per heavy atom. The standard InChI is InChI=1S/C25H28ClNO4S/c1-16-21-13-19(26)9-10-22(21)31-23(16)24(28)27(20-11-12-32(29,30)15-20)14-17-5-7-18(8-6-17)25(2,3)4/h5-10,13,20H,11-12,14-15H2,1-4H3/t20-/m1/s1. The third kappa shape index (κ3) is 4.57. The number of hydrogen-bond acceptors (Lipinski definition) is 4. The van der Waals surface area contributed by atoms with Crippen LogP contribution in [-0.2, 0) is 21.8 Å². The second kappa shape index (κ2) is 8.23. The molecule has 0 bridgehead atoms. The molecule has 1 aliphatic rings. The summed E-state index contributed by atoms with van der Waals surface area (Å²) >= 11 is 6.13. The van der Waals surface area contributed by atoms with Crippen molar-refractivity contribution in [3.63, 3.8) is 0 Å². The summed E-state index contributed by atoms with van der Waals surface area (Å²) in [6.45, 7) is 8.60. The molecule has 0 spiro atoms. The van der Waals surface area contributed by atoms with Crippen LogP contribution in [0, 0.1) is 6.92 Å². The van der Waals surface area contributed by atoms with E-state index in [9.17, 15) is 13.2 Å². The van der Waals surface area contributed by atoms with Gasteiger partial charge < -0.3 is 9.32 Å². The molecule has 3 aromatic rings. The zero-order chi connectivity index (χ0) is 23.3. The van der Waals surface area contributed by atoms with Crippen LogP contribution in [0.15, 0.2) is 46.9 Å². The van der Waals surface area contributed by atoms with Crippen LogP contribution in [0.4, 0.5) is 0 Å². The first-order chi connectivity index (χ1) is 14.9. The van der Waals surface area contributed by atoms with E-state index >= 15 is 0 Å². The van der Waals surface area contributed by atoms with Crippen LogP contribution in [0.3, 0.4) is 0 Å². The van der Waals surface area contributed by atoms with E-state index in [1.165, 1.54) is 5.56 Å². The Balaban J connectivity index is 1.70.